The van der Waals surface area contributed by atoms with Gasteiger partial charge in [0.05, 0.1) is 12.6 Å². The molecule has 0 saturated carbocycles. The molecule has 0 fully saturated rings. The molecule has 0 aliphatic heterocycles. The van der Waals surface area contributed by atoms with Gasteiger partial charge < -0.3 is 15.9 Å². The van der Waals surface area contributed by atoms with E-state index in [0.717, 1.165) is 11.1 Å². The molecule has 1 atom stereocenters. The molecule has 0 aliphatic carbocycles. The largest absolute Gasteiger partial charge is 0.508 e. The Hall–Kier alpha value is -1.06. The van der Waals surface area contributed by atoms with E-state index < -0.39 is 0 Å². The molecular weight excluding hydrogens is 154 g/mol. The minimum Gasteiger partial charge on any atom is -0.508 e. The van der Waals surface area contributed by atoms with Crippen LogP contribution in [0.25, 0.3) is 0 Å². The van der Waals surface area contributed by atoms with Crippen LogP contribution in [0.1, 0.15) is 17.2 Å². The van der Waals surface area contributed by atoms with Gasteiger partial charge in [0.1, 0.15) is 5.75 Å². The molecule has 66 valence electrons. The number of rotatable bonds is 2. The van der Waals surface area contributed by atoms with E-state index in [9.17, 15) is 0 Å². The molecule has 0 aromatic heterocycles. The first-order valence-electron chi connectivity index (χ1n) is 3.81. The number of hydrogen-bond donors (Lipinski definition) is 3. The van der Waals surface area contributed by atoms with Crippen molar-refractivity contribution in [2.75, 3.05) is 6.61 Å². The maximum atomic E-state index is 9.09. The van der Waals surface area contributed by atoms with Crippen molar-refractivity contribution in [3.8, 4) is 5.75 Å². The number of aliphatic hydroxyl groups is 1. The van der Waals surface area contributed by atoms with Gasteiger partial charge in [-0.1, -0.05) is 6.07 Å². The van der Waals surface area contributed by atoms with Crippen LogP contribution >= 0.6 is 0 Å². The number of hydrogen-bond acceptors (Lipinski definition) is 3. The van der Waals surface area contributed by atoms with Crippen LogP contribution in [0.4, 0.5) is 0 Å². The SMILES string of the molecule is Cc1cc(O)ccc1[C@@H](N)CO. The van der Waals surface area contributed by atoms with Crippen molar-refractivity contribution in [1.82, 2.24) is 0 Å². The summed E-state index contributed by atoms with van der Waals surface area (Å²) in [7, 11) is 0. The van der Waals surface area contributed by atoms with Crippen LogP contribution in [-0.2, 0) is 0 Å². The molecule has 1 aromatic carbocycles. The third kappa shape index (κ3) is 1.75. The Labute approximate surface area is 71.5 Å². The van der Waals surface area contributed by atoms with Crippen molar-refractivity contribution in [2.45, 2.75) is 13.0 Å². The molecule has 3 heteroatoms. The van der Waals surface area contributed by atoms with E-state index >= 15 is 0 Å². The third-order valence-electron chi connectivity index (χ3n) is 1.85. The van der Waals surface area contributed by atoms with Gasteiger partial charge in [-0.05, 0) is 30.2 Å². The molecule has 0 aliphatic rings. The van der Waals surface area contributed by atoms with E-state index in [1.54, 1.807) is 18.2 Å². The molecule has 0 amide bonds. The van der Waals surface area contributed by atoms with E-state index in [1.807, 2.05) is 6.92 Å². The molecule has 12 heavy (non-hydrogen) atoms. The maximum Gasteiger partial charge on any atom is 0.115 e. The molecule has 1 aromatic rings. The normalized spacial score (nSPS) is 12.9. The lowest BCUT2D eigenvalue weighted by atomic mass is 10.0. The van der Waals surface area contributed by atoms with Crippen LogP contribution in [0, 0.1) is 6.92 Å². The number of aliphatic hydroxyl groups excluding tert-OH is 1. The molecule has 0 saturated heterocycles. The average Bonchev–Trinajstić information content (AvgIpc) is 2.03. The second-order valence-electron chi connectivity index (χ2n) is 2.83. The van der Waals surface area contributed by atoms with Crippen molar-refractivity contribution < 1.29 is 10.2 Å². The Balaban J connectivity index is 3.01. The van der Waals surface area contributed by atoms with Gasteiger partial charge in [-0.2, -0.15) is 0 Å². The quantitative estimate of drug-likeness (QED) is 0.607. The van der Waals surface area contributed by atoms with Crippen molar-refractivity contribution in [1.29, 1.82) is 0 Å². The number of aryl methyl sites for hydroxylation is 1. The molecule has 0 spiro atoms. The fourth-order valence-corrected chi connectivity index (χ4v) is 1.17. The predicted molar refractivity (Wildman–Crippen MR) is 46.9 cm³/mol. The molecule has 0 bridgehead atoms. The van der Waals surface area contributed by atoms with Gasteiger partial charge in [0.25, 0.3) is 0 Å². The summed E-state index contributed by atoms with van der Waals surface area (Å²) in [6.45, 7) is 1.77. The Morgan fingerprint density at radius 3 is 2.67 bits per heavy atom. The first-order valence-corrected chi connectivity index (χ1v) is 3.81. The monoisotopic (exact) mass is 167 g/mol. The Morgan fingerprint density at radius 2 is 2.17 bits per heavy atom. The lowest BCUT2D eigenvalue weighted by Crippen LogP contribution is -2.15. The van der Waals surface area contributed by atoms with E-state index in [-0.39, 0.29) is 18.4 Å². The summed E-state index contributed by atoms with van der Waals surface area (Å²) in [4.78, 5) is 0. The maximum absolute atomic E-state index is 9.09. The Morgan fingerprint density at radius 1 is 1.50 bits per heavy atom. The van der Waals surface area contributed by atoms with Crippen LogP contribution < -0.4 is 5.73 Å². The van der Waals surface area contributed by atoms with Gasteiger partial charge in [-0.15, -0.1) is 0 Å². The highest BCUT2D eigenvalue weighted by Crippen LogP contribution is 2.19. The van der Waals surface area contributed by atoms with Gasteiger partial charge in [-0.25, -0.2) is 0 Å². The van der Waals surface area contributed by atoms with Crippen LogP contribution in [0.15, 0.2) is 18.2 Å². The van der Waals surface area contributed by atoms with Crippen molar-refractivity contribution in [3.63, 3.8) is 0 Å². The van der Waals surface area contributed by atoms with Gasteiger partial charge in [0.15, 0.2) is 0 Å². The molecule has 0 heterocycles. The molecule has 3 nitrogen and oxygen atoms in total. The third-order valence-corrected chi connectivity index (χ3v) is 1.85. The molecule has 0 radical (unpaired) electrons. The number of benzene rings is 1. The second-order valence-corrected chi connectivity index (χ2v) is 2.83. The molecule has 4 N–H and O–H groups in total. The number of nitrogens with two attached hydrogens (primary N) is 1. The van der Waals surface area contributed by atoms with Gasteiger partial charge >= 0.3 is 0 Å². The minimum atomic E-state index is -0.356. The van der Waals surface area contributed by atoms with Crippen molar-refractivity contribution in [3.05, 3.63) is 29.3 Å². The topological polar surface area (TPSA) is 66.5 Å². The second kappa shape index (κ2) is 3.56. The van der Waals surface area contributed by atoms with E-state index in [4.69, 9.17) is 15.9 Å². The zero-order chi connectivity index (χ0) is 9.14. The summed E-state index contributed by atoms with van der Waals surface area (Å²) in [5.74, 6) is 0.224. The van der Waals surface area contributed by atoms with Crippen LogP contribution in [0.2, 0.25) is 0 Å². The first kappa shape index (κ1) is 9.03. The van der Waals surface area contributed by atoms with Crippen molar-refractivity contribution >= 4 is 0 Å². The van der Waals surface area contributed by atoms with E-state index in [0.29, 0.717) is 0 Å². The summed E-state index contributed by atoms with van der Waals surface area (Å²) < 4.78 is 0. The zero-order valence-corrected chi connectivity index (χ0v) is 6.99. The fraction of sp³-hybridized carbons (Fsp3) is 0.333. The standard InChI is InChI=1S/C9H13NO2/c1-6-4-7(12)2-3-8(6)9(10)5-11/h2-4,9,11-12H,5,10H2,1H3/t9-/m0/s1. The lowest BCUT2D eigenvalue weighted by molar-refractivity contribution is 0.267. The summed E-state index contributed by atoms with van der Waals surface area (Å²) in [5.41, 5.74) is 7.38. The number of aromatic hydroxyl groups is 1. The van der Waals surface area contributed by atoms with E-state index in [2.05, 4.69) is 0 Å². The number of phenolic OH excluding ortho intramolecular Hbond substituents is 1. The summed E-state index contributed by atoms with van der Waals surface area (Å²) in [6, 6.07) is 4.57. The summed E-state index contributed by atoms with van der Waals surface area (Å²) >= 11 is 0. The molecule has 0 unspecified atom stereocenters. The predicted octanol–water partition coefficient (Wildman–Crippen LogP) is 0.693. The Kier molecular flexibility index (Phi) is 2.68. The molecule has 1 rings (SSSR count). The van der Waals surface area contributed by atoms with Gasteiger partial charge in [0, 0.05) is 0 Å². The highest BCUT2D eigenvalue weighted by Gasteiger charge is 2.07. The average molecular weight is 167 g/mol. The minimum absolute atomic E-state index is 0.0778. The first-order chi connectivity index (χ1) is 5.65. The van der Waals surface area contributed by atoms with Gasteiger partial charge in [-0.3, -0.25) is 0 Å². The highest BCUT2D eigenvalue weighted by atomic mass is 16.3. The summed E-state index contributed by atoms with van der Waals surface area (Å²) in [6.07, 6.45) is 0. The van der Waals surface area contributed by atoms with Crippen molar-refractivity contribution in [2.24, 2.45) is 5.73 Å². The van der Waals surface area contributed by atoms with Crippen LogP contribution in [0.5, 0.6) is 5.75 Å². The fourth-order valence-electron chi connectivity index (χ4n) is 1.17. The summed E-state index contributed by atoms with van der Waals surface area (Å²) in [5, 5.41) is 17.9. The number of phenols is 1. The Bertz CT molecular complexity index is 273. The smallest absolute Gasteiger partial charge is 0.115 e. The zero-order valence-electron chi connectivity index (χ0n) is 6.99. The van der Waals surface area contributed by atoms with E-state index in [1.165, 1.54) is 0 Å². The van der Waals surface area contributed by atoms with Gasteiger partial charge in [0.2, 0.25) is 0 Å². The van der Waals surface area contributed by atoms with Crippen LogP contribution in [0.3, 0.4) is 0 Å². The molecular formula is C9H13NO2. The lowest BCUT2D eigenvalue weighted by Gasteiger charge is -2.11. The van der Waals surface area contributed by atoms with Crippen LogP contribution in [-0.4, -0.2) is 16.8 Å². The highest BCUT2D eigenvalue weighted by molar-refractivity contribution is 5.35.